The number of ether oxygens (including phenoxy) is 1. The summed E-state index contributed by atoms with van der Waals surface area (Å²) in [4.78, 5) is 12.6. The number of amides is 1. The molecule has 0 bridgehead atoms. The molecule has 0 radical (unpaired) electrons. The summed E-state index contributed by atoms with van der Waals surface area (Å²) < 4.78 is 4.92. The fourth-order valence-electron chi connectivity index (χ4n) is 1.45. The van der Waals surface area contributed by atoms with E-state index in [0.717, 1.165) is 11.3 Å². The van der Waals surface area contributed by atoms with Gasteiger partial charge in [0, 0.05) is 30.8 Å². The molecule has 0 spiro atoms. The summed E-state index contributed by atoms with van der Waals surface area (Å²) in [5.74, 6) is -0.0274. The number of hydrogen-bond donors (Lipinski definition) is 2. The van der Waals surface area contributed by atoms with E-state index in [2.05, 4.69) is 5.32 Å². The number of thioether (sulfide) groups is 1. The molecule has 106 valence electrons. The van der Waals surface area contributed by atoms with E-state index in [4.69, 9.17) is 22.1 Å². The SMILES string of the molecule is COCCCNC(=O)C(C)Sc1c(N)cccc1Cl. The van der Waals surface area contributed by atoms with E-state index in [1.54, 1.807) is 25.3 Å². The lowest BCUT2D eigenvalue weighted by Crippen LogP contribution is -2.32. The molecule has 6 heteroatoms. The van der Waals surface area contributed by atoms with Crippen molar-refractivity contribution in [1.82, 2.24) is 5.32 Å². The van der Waals surface area contributed by atoms with Crippen LogP contribution in [-0.2, 0) is 9.53 Å². The van der Waals surface area contributed by atoms with Crippen LogP contribution in [-0.4, -0.2) is 31.4 Å². The number of carbonyl (C=O) groups is 1. The Hall–Kier alpha value is -0.910. The van der Waals surface area contributed by atoms with E-state index >= 15 is 0 Å². The Bertz CT molecular complexity index is 409. The van der Waals surface area contributed by atoms with Gasteiger partial charge in [0.25, 0.3) is 0 Å². The van der Waals surface area contributed by atoms with Gasteiger partial charge in [0.05, 0.1) is 10.3 Å². The van der Waals surface area contributed by atoms with Crippen LogP contribution in [0, 0.1) is 0 Å². The molecule has 19 heavy (non-hydrogen) atoms. The standard InChI is InChI=1S/C13H19ClN2O2S/c1-9(13(17)16-7-4-8-18-2)19-12-10(14)5-3-6-11(12)15/h3,5-6,9H,4,7-8,15H2,1-2H3,(H,16,17). The molecule has 4 nitrogen and oxygen atoms in total. The zero-order valence-corrected chi connectivity index (χ0v) is 12.7. The monoisotopic (exact) mass is 302 g/mol. The number of nitrogen functional groups attached to an aromatic ring is 1. The summed E-state index contributed by atoms with van der Waals surface area (Å²) in [5.41, 5.74) is 6.45. The predicted octanol–water partition coefficient (Wildman–Crippen LogP) is 2.56. The van der Waals surface area contributed by atoms with Crippen LogP contribution in [0.2, 0.25) is 5.02 Å². The van der Waals surface area contributed by atoms with Crippen LogP contribution in [0.5, 0.6) is 0 Å². The molecular weight excluding hydrogens is 284 g/mol. The van der Waals surface area contributed by atoms with E-state index in [9.17, 15) is 4.79 Å². The molecule has 3 N–H and O–H groups in total. The van der Waals surface area contributed by atoms with Crippen LogP contribution >= 0.6 is 23.4 Å². The maximum Gasteiger partial charge on any atom is 0.233 e. The molecule has 0 saturated heterocycles. The van der Waals surface area contributed by atoms with E-state index in [1.807, 2.05) is 6.92 Å². The number of benzene rings is 1. The number of halogens is 1. The van der Waals surface area contributed by atoms with Gasteiger partial charge in [-0.3, -0.25) is 4.79 Å². The van der Waals surface area contributed by atoms with Crippen molar-refractivity contribution in [3.8, 4) is 0 Å². The van der Waals surface area contributed by atoms with Crippen LogP contribution in [0.3, 0.4) is 0 Å². The highest BCUT2D eigenvalue weighted by atomic mass is 35.5. The number of rotatable bonds is 7. The van der Waals surface area contributed by atoms with Crippen molar-refractivity contribution >= 4 is 35.0 Å². The second-order valence-corrected chi connectivity index (χ2v) is 5.81. The van der Waals surface area contributed by atoms with Gasteiger partial charge in [-0.15, -0.1) is 11.8 Å². The molecule has 1 rings (SSSR count). The van der Waals surface area contributed by atoms with E-state index in [0.29, 0.717) is 23.9 Å². The molecule has 1 atom stereocenters. The summed E-state index contributed by atoms with van der Waals surface area (Å²) in [5, 5.41) is 3.18. The number of anilines is 1. The Labute approximate surface area is 123 Å². The lowest BCUT2D eigenvalue weighted by molar-refractivity contribution is -0.120. The molecule has 0 heterocycles. The number of methoxy groups -OCH3 is 1. The quantitative estimate of drug-likeness (QED) is 0.461. The molecule has 0 aliphatic rings. The molecule has 0 fully saturated rings. The molecule has 0 aliphatic carbocycles. The molecule has 1 amide bonds. The van der Waals surface area contributed by atoms with Crippen molar-refractivity contribution in [2.45, 2.75) is 23.5 Å². The second-order valence-electron chi connectivity index (χ2n) is 4.06. The number of nitrogens with one attached hydrogen (secondary N) is 1. The van der Waals surface area contributed by atoms with Crippen LogP contribution in [0.1, 0.15) is 13.3 Å². The molecule has 1 aromatic carbocycles. The van der Waals surface area contributed by atoms with Gasteiger partial charge in [0.1, 0.15) is 0 Å². The molecule has 1 unspecified atom stereocenters. The van der Waals surface area contributed by atoms with Gasteiger partial charge in [-0.2, -0.15) is 0 Å². The second kappa shape index (κ2) is 8.30. The number of nitrogens with two attached hydrogens (primary N) is 1. The van der Waals surface area contributed by atoms with Gasteiger partial charge in [0.2, 0.25) is 5.91 Å². The maximum absolute atomic E-state index is 11.9. The third-order valence-corrected chi connectivity index (χ3v) is 4.17. The fraction of sp³-hybridized carbons (Fsp3) is 0.462. The Kier molecular flexibility index (Phi) is 7.05. The van der Waals surface area contributed by atoms with Crippen LogP contribution in [0.25, 0.3) is 0 Å². The van der Waals surface area contributed by atoms with Gasteiger partial charge >= 0.3 is 0 Å². The molecule has 0 aliphatic heterocycles. The highest BCUT2D eigenvalue weighted by Crippen LogP contribution is 2.35. The summed E-state index contributed by atoms with van der Waals surface area (Å²) in [7, 11) is 1.64. The largest absolute Gasteiger partial charge is 0.398 e. The van der Waals surface area contributed by atoms with E-state index in [1.165, 1.54) is 11.8 Å². The minimum absolute atomic E-state index is 0.0274. The Morgan fingerprint density at radius 1 is 1.58 bits per heavy atom. The molecule has 0 aromatic heterocycles. The Morgan fingerprint density at radius 3 is 2.95 bits per heavy atom. The van der Waals surface area contributed by atoms with Gasteiger partial charge in [-0.1, -0.05) is 17.7 Å². The lowest BCUT2D eigenvalue weighted by atomic mass is 10.3. The van der Waals surface area contributed by atoms with Crippen LogP contribution in [0.15, 0.2) is 23.1 Å². The average molecular weight is 303 g/mol. The first-order valence-electron chi connectivity index (χ1n) is 6.03. The van der Waals surface area contributed by atoms with Crippen LogP contribution < -0.4 is 11.1 Å². The molecule has 0 saturated carbocycles. The lowest BCUT2D eigenvalue weighted by Gasteiger charge is -2.14. The smallest absolute Gasteiger partial charge is 0.233 e. The highest BCUT2D eigenvalue weighted by molar-refractivity contribution is 8.00. The first-order chi connectivity index (χ1) is 9.06. The van der Waals surface area contributed by atoms with Gasteiger partial charge in [-0.05, 0) is 25.5 Å². The predicted molar refractivity (Wildman–Crippen MR) is 80.7 cm³/mol. The van der Waals surface area contributed by atoms with Crippen LogP contribution in [0.4, 0.5) is 5.69 Å². The highest BCUT2D eigenvalue weighted by Gasteiger charge is 2.16. The average Bonchev–Trinajstić information content (AvgIpc) is 2.38. The molecule has 1 aromatic rings. The van der Waals surface area contributed by atoms with Crippen molar-refractivity contribution in [3.63, 3.8) is 0 Å². The summed E-state index contributed by atoms with van der Waals surface area (Å²) >= 11 is 7.44. The van der Waals surface area contributed by atoms with Crippen molar-refractivity contribution in [2.24, 2.45) is 0 Å². The summed E-state index contributed by atoms with van der Waals surface area (Å²) in [6, 6.07) is 5.33. The number of hydrogen-bond acceptors (Lipinski definition) is 4. The minimum Gasteiger partial charge on any atom is -0.398 e. The van der Waals surface area contributed by atoms with Gasteiger partial charge < -0.3 is 15.8 Å². The summed E-state index contributed by atoms with van der Waals surface area (Å²) in [6.45, 7) is 3.08. The maximum atomic E-state index is 11.9. The van der Waals surface area contributed by atoms with Crippen molar-refractivity contribution < 1.29 is 9.53 Å². The van der Waals surface area contributed by atoms with Gasteiger partial charge in [-0.25, -0.2) is 0 Å². The zero-order chi connectivity index (χ0) is 14.3. The third kappa shape index (κ3) is 5.30. The van der Waals surface area contributed by atoms with Gasteiger partial charge in [0.15, 0.2) is 0 Å². The zero-order valence-electron chi connectivity index (χ0n) is 11.1. The third-order valence-electron chi connectivity index (χ3n) is 2.49. The summed E-state index contributed by atoms with van der Waals surface area (Å²) in [6.07, 6.45) is 0.799. The van der Waals surface area contributed by atoms with Crippen molar-refractivity contribution in [3.05, 3.63) is 23.2 Å². The number of carbonyl (C=O) groups excluding carboxylic acids is 1. The normalized spacial score (nSPS) is 12.2. The molecular formula is C13H19ClN2O2S. The van der Waals surface area contributed by atoms with Crippen molar-refractivity contribution in [2.75, 3.05) is 26.0 Å². The first kappa shape index (κ1) is 16.1. The Morgan fingerprint density at radius 2 is 2.32 bits per heavy atom. The van der Waals surface area contributed by atoms with Crippen molar-refractivity contribution in [1.29, 1.82) is 0 Å². The first-order valence-corrected chi connectivity index (χ1v) is 7.29. The van der Waals surface area contributed by atoms with E-state index in [-0.39, 0.29) is 11.2 Å². The Balaban J connectivity index is 2.50. The fourth-order valence-corrected chi connectivity index (χ4v) is 2.70. The minimum atomic E-state index is -0.246. The van der Waals surface area contributed by atoms with E-state index < -0.39 is 0 Å². The topological polar surface area (TPSA) is 64.3 Å².